The third-order valence-corrected chi connectivity index (χ3v) is 5.22. The Labute approximate surface area is 155 Å². The Hall–Kier alpha value is -2.04. The number of fused-ring (bicyclic) bond motifs is 1. The standard InChI is InChI=1S/C19H16Cl2N2O2/c20-14-8-15(21)10-16(9-14)23-11-13(7-18(23)24)19(25)22-6-5-12-3-1-2-4-17(12)22/h1-4,8-10,13H,5-7,11H2. The Bertz CT molecular complexity index is 848. The third kappa shape index (κ3) is 3.00. The molecule has 128 valence electrons. The van der Waals surface area contributed by atoms with Gasteiger partial charge < -0.3 is 9.80 Å². The lowest BCUT2D eigenvalue weighted by molar-refractivity contribution is -0.124. The van der Waals surface area contributed by atoms with E-state index in [-0.39, 0.29) is 24.2 Å². The average molecular weight is 375 g/mol. The Morgan fingerprint density at radius 3 is 2.56 bits per heavy atom. The Morgan fingerprint density at radius 2 is 1.80 bits per heavy atom. The summed E-state index contributed by atoms with van der Waals surface area (Å²) >= 11 is 12.1. The molecule has 2 heterocycles. The Morgan fingerprint density at radius 1 is 1.08 bits per heavy atom. The van der Waals surface area contributed by atoms with Crippen molar-refractivity contribution >= 4 is 46.4 Å². The van der Waals surface area contributed by atoms with Gasteiger partial charge in [0.2, 0.25) is 11.8 Å². The zero-order valence-electron chi connectivity index (χ0n) is 13.4. The van der Waals surface area contributed by atoms with Crippen LogP contribution in [0, 0.1) is 5.92 Å². The number of rotatable bonds is 2. The molecule has 1 atom stereocenters. The number of amides is 2. The lowest BCUT2D eigenvalue weighted by Gasteiger charge is -2.22. The highest BCUT2D eigenvalue weighted by atomic mass is 35.5. The number of carbonyl (C=O) groups excluding carboxylic acids is 2. The van der Waals surface area contributed by atoms with Crippen molar-refractivity contribution in [3.8, 4) is 0 Å². The zero-order chi connectivity index (χ0) is 17.6. The van der Waals surface area contributed by atoms with Gasteiger partial charge in [0.1, 0.15) is 0 Å². The van der Waals surface area contributed by atoms with E-state index < -0.39 is 0 Å². The van der Waals surface area contributed by atoms with Gasteiger partial charge in [-0.1, -0.05) is 41.4 Å². The maximum atomic E-state index is 13.0. The molecule has 6 heteroatoms. The summed E-state index contributed by atoms with van der Waals surface area (Å²) in [5.41, 5.74) is 2.78. The van der Waals surface area contributed by atoms with E-state index in [1.54, 1.807) is 23.1 Å². The van der Waals surface area contributed by atoms with E-state index in [4.69, 9.17) is 23.2 Å². The van der Waals surface area contributed by atoms with Crippen LogP contribution < -0.4 is 9.80 Å². The molecule has 0 radical (unpaired) electrons. The molecule has 0 spiro atoms. The molecule has 25 heavy (non-hydrogen) atoms. The SMILES string of the molecule is O=C1CC(C(=O)N2CCc3ccccc32)CN1c1cc(Cl)cc(Cl)c1. The van der Waals surface area contributed by atoms with Crippen molar-refractivity contribution in [2.75, 3.05) is 22.9 Å². The molecule has 0 bridgehead atoms. The van der Waals surface area contributed by atoms with Crippen LogP contribution >= 0.6 is 23.2 Å². The van der Waals surface area contributed by atoms with E-state index in [1.165, 1.54) is 5.56 Å². The molecule has 1 unspecified atom stereocenters. The molecule has 1 saturated heterocycles. The van der Waals surface area contributed by atoms with Gasteiger partial charge in [-0.25, -0.2) is 0 Å². The monoisotopic (exact) mass is 374 g/mol. The summed E-state index contributed by atoms with van der Waals surface area (Å²) in [5, 5.41) is 0.942. The van der Waals surface area contributed by atoms with Crippen molar-refractivity contribution in [2.45, 2.75) is 12.8 Å². The summed E-state index contributed by atoms with van der Waals surface area (Å²) in [7, 11) is 0. The molecular weight excluding hydrogens is 359 g/mol. The normalized spacial score (nSPS) is 19.4. The van der Waals surface area contributed by atoms with Gasteiger partial charge >= 0.3 is 0 Å². The predicted octanol–water partition coefficient (Wildman–Crippen LogP) is 3.94. The highest BCUT2D eigenvalue weighted by molar-refractivity contribution is 6.35. The number of anilines is 2. The fourth-order valence-corrected chi connectivity index (χ4v) is 4.12. The molecule has 2 aromatic rings. The van der Waals surface area contributed by atoms with E-state index in [0.29, 0.717) is 28.8 Å². The van der Waals surface area contributed by atoms with Crippen LogP contribution in [0.3, 0.4) is 0 Å². The Balaban J connectivity index is 1.55. The van der Waals surface area contributed by atoms with Gasteiger partial charge in [0.05, 0.1) is 5.92 Å². The first-order chi connectivity index (χ1) is 12.0. The number of carbonyl (C=O) groups is 2. The van der Waals surface area contributed by atoms with Crippen molar-refractivity contribution in [3.63, 3.8) is 0 Å². The first kappa shape index (κ1) is 16.4. The number of hydrogen-bond donors (Lipinski definition) is 0. The molecule has 2 aliphatic heterocycles. The zero-order valence-corrected chi connectivity index (χ0v) is 14.9. The molecule has 4 rings (SSSR count). The molecule has 2 amide bonds. The number of nitrogens with zero attached hydrogens (tertiary/aromatic N) is 2. The molecule has 4 nitrogen and oxygen atoms in total. The maximum absolute atomic E-state index is 13.0. The molecule has 0 saturated carbocycles. The minimum Gasteiger partial charge on any atom is -0.312 e. The highest BCUT2D eigenvalue weighted by Gasteiger charge is 2.39. The van der Waals surface area contributed by atoms with Gasteiger partial charge in [-0.05, 0) is 36.2 Å². The second-order valence-corrected chi connectivity index (χ2v) is 7.27. The second-order valence-electron chi connectivity index (χ2n) is 6.40. The number of para-hydroxylation sites is 1. The summed E-state index contributed by atoms with van der Waals surface area (Å²) in [6, 6.07) is 12.9. The molecular formula is C19H16Cl2N2O2. The lowest BCUT2D eigenvalue weighted by Crippen LogP contribution is -2.36. The van der Waals surface area contributed by atoms with Crippen LogP contribution in [0.25, 0.3) is 0 Å². The lowest BCUT2D eigenvalue weighted by atomic mass is 10.1. The van der Waals surface area contributed by atoms with Crippen LogP contribution in [-0.2, 0) is 16.0 Å². The first-order valence-corrected chi connectivity index (χ1v) is 8.94. The number of halogens is 2. The number of hydrogen-bond acceptors (Lipinski definition) is 2. The van der Waals surface area contributed by atoms with E-state index in [0.717, 1.165) is 12.1 Å². The van der Waals surface area contributed by atoms with Crippen molar-refractivity contribution in [3.05, 3.63) is 58.1 Å². The average Bonchev–Trinajstić information content (AvgIpc) is 3.17. The minimum atomic E-state index is -0.351. The summed E-state index contributed by atoms with van der Waals surface area (Å²) in [5.74, 6) is -0.422. The predicted molar refractivity (Wildman–Crippen MR) is 99.4 cm³/mol. The van der Waals surface area contributed by atoms with Crippen LogP contribution in [-0.4, -0.2) is 24.9 Å². The minimum absolute atomic E-state index is 0.00826. The van der Waals surface area contributed by atoms with E-state index in [1.807, 2.05) is 29.2 Å². The van der Waals surface area contributed by atoms with Gasteiger partial charge in [-0.2, -0.15) is 0 Å². The molecule has 0 aromatic heterocycles. The van der Waals surface area contributed by atoms with E-state index >= 15 is 0 Å². The van der Waals surface area contributed by atoms with Crippen molar-refractivity contribution < 1.29 is 9.59 Å². The van der Waals surface area contributed by atoms with Crippen LogP contribution in [0.2, 0.25) is 10.0 Å². The Kier molecular flexibility index (Phi) is 4.18. The first-order valence-electron chi connectivity index (χ1n) is 8.18. The van der Waals surface area contributed by atoms with Crippen molar-refractivity contribution in [2.24, 2.45) is 5.92 Å². The van der Waals surface area contributed by atoms with E-state index in [9.17, 15) is 9.59 Å². The van der Waals surface area contributed by atoms with Gasteiger partial charge in [0.25, 0.3) is 0 Å². The van der Waals surface area contributed by atoms with Crippen LogP contribution in [0.1, 0.15) is 12.0 Å². The smallest absolute Gasteiger partial charge is 0.232 e. The van der Waals surface area contributed by atoms with Crippen molar-refractivity contribution in [1.82, 2.24) is 0 Å². The molecule has 0 aliphatic carbocycles. The summed E-state index contributed by atoms with van der Waals surface area (Å²) in [4.78, 5) is 28.8. The van der Waals surface area contributed by atoms with Gasteiger partial charge in [-0.15, -0.1) is 0 Å². The second kappa shape index (κ2) is 6.36. The molecule has 2 aromatic carbocycles. The molecule has 0 N–H and O–H groups in total. The van der Waals surface area contributed by atoms with Gasteiger partial charge in [0.15, 0.2) is 0 Å². The number of benzene rings is 2. The largest absolute Gasteiger partial charge is 0.312 e. The fourth-order valence-electron chi connectivity index (χ4n) is 3.61. The topological polar surface area (TPSA) is 40.6 Å². The summed E-state index contributed by atoms with van der Waals surface area (Å²) < 4.78 is 0. The molecule has 2 aliphatic rings. The molecule has 1 fully saturated rings. The van der Waals surface area contributed by atoms with Crippen LogP contribution in [0.15, 0.2) is 42.5 Å². The van der Waals surface area contributed by atoms with Gasteiger partial charge in [0, 0.05) is 40.9 Å². The highest BCUT2D eigenvalue weighted by Crippen LogP contribution is 2.34. The van der Waals surface area contributed by atoms with Gasteiger partial charge in [-0.3, -0.25) is 9.59 Å². The summed E-state index contributed by atoms with van der Waals surface area (Å²) in [6.45, 7) is 1.03. The maximum Gasteiger partial charge on any atom is 0.232 e. The van der Waals surface area contributed by atoms with Crippen LogP contribution in [0.5, 0.6) is 0 Å². The van der Waals surface area contributed by atoms with E-state index in [2.05, 4.69) is 0 Å². The van der Waals surface area contributed by atoms with Crippen LogP contribution in [0.4, 0.5) is 11.4 Å². The quantitative estimate of drug-likeness (QED) is 0.798. The fraction of sp³-hybridized carbons (Fsp3) is 0.263. The van der Waals surface area contributed by atoms with Crippen molar-refractivity contribution in [1.29, 1.82) is 0 Å². The third-order valence-electron chi connectivity index (χ3n) is 4.79. The summed E-state index contributed by atoms with van der Waals surface area (Å²) in [6.07, 6.45) is 1.07.